The van der Waals surface area contributed by atoms with E-state index in [9.17, 15) is 13.2 Å². The van der Waals surface area contributed by atoms with E-state index in [2.05, 4.69) is 4.98 Å². The summed E-state index contributed by atoms with van der Waals surface area (Å²) in [4.78, 5) is 3.78. The molecule has 1 nitrogen and oxygen atoms in total. The van der Waals surface area contributed by atoms with Crippen LogP contribution in [0.5, 0.6) is 0 Å². The minimum absolute atomic E-state index is 0.240. The Hall–Kier alpha value is -1.03. The van der Waals surface area contributed by atoms with Crippen molar-refractivity contribution in [1.82, 2.24) is 4.98 Å². The Morgan fingerprint density at radius 1 is 1.36 bits per heavy atom. The first kappa shape index (κ1) is 11.0. The molecule has 0 amide bonds. The molecule has 0 aliphatic heterocycles. The van der Waals surface area contributed by atoms with Crippen molar-refractivity contribution in [3.63, 3.8) is 0 Å². The van der Waals surface area contributed by atoms with Crippen LogP contribution < -0.4 is 0 Å². The van der Waals surface area contributed by atoms with E-state index < -0.39 is 18.3 Å². The summed E-state index contributed by atoms with van der Waals surface area (Å²) in [5.74, 6) is -1.45. The molecule has 0 bridgehead atoms. The highest BCUT2D eigenvalue weighted by Crippen LogP contribution is 2.17. The summed E-state index contributed by atoms with van der Waals surface area (Å²) < 4.78 is 35.6. The molecule has 5 heteroatoms. The van der Waals surface area contributed by atoms with Gasteiger partial charge >= 0.3 is 6.08 Å². The average molecular weight is 221 g/mol. The van der Waals surface area contributed by atoms with Crippen molar-refractivity contribution >= 4 is 11.6 Å². The number of hydrogen-bond acceptors (Lipinski definition) is 1. The molecule has 1 rings (SSSR count). The lowest BCUT2D eigenvalue weighted by Gasteiger charge is -1.98. The number of rotatable bonds is 3. The zero-order valence-corrected chi connectivity index (χ0v) is 7.73. The van der Waals surface area contributed by atoms with Crippen molar-refractivity contribution in [2.45, 2.75) is 6.42 Å². The quantitative estimate of drug-likeness (QED) is 0.707. The molecule has 1 aromatic heterocycles. The van der Waals surface area contributed by atoms with Crippen molar-refractivity contribution < 1.29 is 13.2 Å². The van der Waals surface area contributed by atoms with Crippen LogP contribution in [-0.4, -0.2) is 4.98 Å². The molecular weight excluding hydrogens is 215 g/mol. The molecule has 0 N–H and O–H groups in total. The van der Waals surface area contributed by atoms with Gasteiger partial charge in [-0.3, -0.25) is 0 Å². The van der Waals surface area contributed by atoms with Crippen molar-refractivity contribution in [2.75, 3.05) is 0 Å². The van der Waals surface area contributed by atoms with Gasteiger partial charge in [0.2, 0.25) is 0 Å². The third-order valence-corrected chi connectivity index (χ3v) is 1.64. The van der Waals surface area contributed by atoms with E-state index in [1.807, 2.05) is 0 Å². The molecule has 1 aromatic rings. The van der Waals surface area contributed by atoms with Gasteiger partial charge in [-0.1, -0.05) is 17.7 Å². The Bertz CT molecular complexity index is 348. The molecule has 0 unspecified atom stereocenters. The summed E-state index contributed by atoms with van der Waals surface area (Å²) in [6, 6.07) is 4.70. The van der Waals surface area contributed by atoms with Crippen molar-refractivity contribution in [2.24, 2.45) is 0 Å². The van der Waals surface area contributed by atoms with Crippen LogP contribution in [-0.2, 0) is 0 Å². The van der Waals surface area contributed by atoms with Crippen molar-refractivity contribution in [3.8, 4) is 0 Å². The van der Waals surface area contributed by atoms with E-state index in [0.29, 0.717) is 5.69 Å². The van der Waals surface area contributed by atoms with Gasteiger partial charge in [0.25, 0.3) is 0 Å². The normalized spacial score (nSPS) is 10.0. The number of nitrogens with zero attached hydrogens (tertiary/aromatic N) is 1. The van der Waals surface area contributed by atoms with Crippen LogP contribution in [0.3, 0.4) is 0 Å². The zero-order chi connectivity index (χ0) is 10.6. The minimum atomic E-state index is -2.30. The summed E-state index contributed by atoms with van der Waals surface area (Å²) >= 11 is 5.54. The van der Waals surface area contributed by atoms with Gasteiger partial charge in [-0.2, -0.15) is 8.78 Å². The van der Waals surface area contributed by atoms with Gasteiger partial charge in [-0.15, -0.1) is 0 Å². The highest BCUT2D eigenvalue weighted by atomic mass is 35.5. The summed E-state index contributed by atoms with van der Waals surface area (Å²) in [5, 5.41) is 0.240. The largest absolute Gasteiger partial charge is 0.301 e. The second kappa shape index (κ2) is 5.00. The minimum Gasteiger partial charge on any atom is -0.241 e. The van der Waals surface area contributed by atoms with Crippen molar-refractivity contribution in [1.29, 1.82) is 0 Å². The van der Waals surface area contributed by atoms with Crippen LogP contribution in [0.2, 0.25) is 5.15 Å². The third-order valence-electron chi connectivity index (χ3n) is 1.43. The van der Waals surface area contributed by atoms with Crippen LogP contribution in [0, 0.1) is 6.42 Å². The molecule has 0 spiro atoms. The first-order valence-corrected chi connectivity index (χ1v) is 4.13. The van der Waals surface area contributed by atoms with Crippen LogP contribution in [0.25, 0.3) is 0 Å². The third kappa shape index (κ3) is 3.38. The van der Waals surface area contributed by atoms with Gasteiger partial charge in [0.05, 0.1) is 0 Å². The van der Waals surface area contributed by atoms with Gasteiger partial charge in [0, 0.05) is 18.5 Å². The lowest BCUT2D eigenvalue weighted by Crippen LogP contribution is -1.88. The molecule has 0 atom stereocenters. The Kier molecular flexibility index (Phi) is 3.95. The average Bonchev–Trinajstić information content (AvgIpc) is 2.14. The molecule has 0 aromatic carbocycles. The lowest BCUT2D eigenvalue weighted by molar-refractivity contribution is 0.374. The molecular formula is C9H6ClF3N. The number of allylic oxidation sites excluding steroid dienone is 1. The van der Waals surface area contributed by atoms with E-state index in [0.717, 1.165) is 0 Å². The Balaban J connectivity index is 2.59. The van der Waals surface area contributed by atoms with Gasteiger partial charge in [0.15, 0.2) is 5.83 Å². The summed E-state index contributed by atoms with van der Waals surface area (Å²) in [6.07, 6.45) is -1.54. The summed E-state index contributed by atoms with van der Waals surface area (Å²) in [7, 11) is 0. The topological polar surface area (TPSA) is 12.9 Å². The first-order chi connectivity index (χ1) is 6.59. The standard InChI is InChI=1S/C9H6ClF3N/c10-8-3-1-2-6(14-8)4-5-7(11)9(12)13/h1-4H,5H2. The van der Waals surface area contributed by atoms with E-state index in [-0.39, 0.29) is 5.15 Å². The zero-order valence-electron chi connectivity index (χ0n) is 6.98. The number of aromatic nitrogens is 1. The Morgan fingerprint density at radius 3 is 2.64 bits per heavy atom. The number of pyridine rings is 1. The molecule has 1 radical (unpaired) electrons. The van der Waals surface area contributed by atoms with E-state index in [4.69, 9.17) is 11.6 Å². The molecule has 0 fully saturated rings. The lowest BCUT2D eigenvalue weighted by atomic mass is 10.2. The van der Waals surface area contributed by atoms with Gasteiger partial charge < -0.3 is 0 Å². The summed E-state index contributed by atoms with van der Waals surface area (Å²) in [6.45, 7) is 0. The van der Waals surface area contributed by atoms with Gasteiger partial charge in [-0.05, 0) is 12.1 Å². The van der Waals surface area contributed by atoms with Crippen LogP contribution in [0.15, 0.2) is 30.1 Å². The maximum atomic E-state index is 12.3. The van der Waals surface area contributed by atoms with Gasteiger partial charge in [0.1, 0.15) is 5.15 Å². The molecule has 0 aliphatic carbocycles. The fraction of sp³-hybridized carbons (Fsp3) is 0.111. The number of hydrogen-bond donors (Lipinski definition) is 0. The predicted molar refractivity (Wildman–Crippen MR) is 47.6 cm³/mol. The van der Waals surface area contributed by atoms with E-state index in [1.165, 1.54) is 6.42 Å². The maximum Gasteiger partial charge on any atom is 0.301 e. The van der Waals surface area contributed by atoms with E-state index >= 15 is 0 Å². The monoisotopic (exact) mass is 220 g/mol. The van der Waals surface area contributed by atoms with E-state index in [1.54, 1.807) is 18.2 Å². The number of halogens is 4. The second-order valence-corrected chi connectivity index (χ2v) is 2.85. The molecule has 0 aliphatic rings. The van der Waals surface area contributed by atoms with Crippen LogP contribution >= 0.6 is 11.6 Å². The van der Waals surface area contributed by atoms with Crippen molar-refractivity contribution in [3.05, 3.63) is 47.4 Å². The molecule has 0 saturated heterocycles. The fourth-order valence-corrected chi connectivity index (χ4v) is 0.979. The molecule has 1 heterocycles. The summed E-state index contributed by atoms with van der Waals surface area (Å²) in [5.41, 5.74) is 0.369. The molecule has 14 heavy (non-hydrogen) atoms. The molecule has 0 saturated carbocycles. The Morgan fingerprint density at radius 2 is 2.07 bits per heavy atom. The van der Waals surface area contributed by atoms with Gasteiger partial charge in [-0.25, -0.2) is 9.37 Å². The predicted octanol–water partition coefficient (Wildman–Crippen LogP) is 3.76. The van der Waals surface area contributed by atoms with Crippen LogP contribution in [0.4, 0.5) is 13.2 Å². The highest BCUT2D eigenvalue weighted by Gasteiger charge is 2.06. The fourth-order valence-electron chi connectivity index (χ4n) is 0.809. The Labute approximate surface area is 84.2 Å². The SMILES string of the molecule is FC(F)=C(F)C[CH]c1cccc(Cl)n1. The first-order valence-electron chi connectivity index (χ1n) is 3.75. The van der Waals surface area contributed by atoms with Crippen LogP contribution in [0.1, 0.15) is 12.1 Å². The smallest absolute Gasteiger partial charge is 0.241 e. The molecule has 75 valence electrons. The highest BCUT2D eigenvalue weighted by molar-refractivity contribution is 6.29. The maximum absolute atomic E-state index is 12.3. The second-order valence-electron chi connectivity index (χ2n) is 2.46.